The fraction of sp³-hybridized carbons (Fsp3) is 0.318. The first-order valence-corrected chi connectivity index (χ1v) is 10.6. The third-order valence-electron chi connectivity index (χ3n) is 5.55. The molecular weight excluding hydrogens is 427 g/mol. The standard InChI is InChI=1S/C22H23FN8O2/c1-13(23)22(32)27-18-9-15-16(10-25-18)20(24-2)26-11-17(15)21-28-19-4-3-14(12-31(19)29-21)30-5-7-33-8-6-30/h3-4,9-13H,5-8H2,1-2H3,(H,24,26)(H,25,27,32)/t13-/m1/s1. The lowest BCUT2D eigenvalue weighted by atomic mass is 10.1. The van der Waals surface area contributed by atoms with Gasteiger partial charge in [0.1, 0.15) is 11.6 Å². The van der Waals surface area contributed by atoms with E-state index in [1.54, 1.807) is 30.0 Å². The van der Waals surface area contributed by atoms with Gasteiger partial charge in [-0.15, -0.1) is 5.10 Å². The normalized spacial score (nSPS) is 15.1. The molecule has 33 heavy (non-hydrogen) atoms. The van der Waals surface area contributed by atoms with Gasteiger partial charge in [0.2, 0.25) is 0 Å². The maximum Gasteiger partial charge on any atom is 0.259 e. The van der Waals surface area contributed by atoms with Gasteiger partial charge >= 0.3 is 0 Å². The molecule has 1 saturated heterocycles. The van der Waals surface area contributed by atoms with Crippen molar-refractivity contribution < 1.29 is 13.9 Å². The molecule has 0 unspecified atom stereocenters. The summed E-state index contributed by atoms with van der Waals surface area (Å²) in [4.78, 5) is 27.4. The first kappa shape index (κ1) is 21.0. The van der Waals surface area contributed by atoms with Gasteiger partial charge in [-0.1, -0.05) is 0 Å². The molecular formula is C22H23FN8O2. The number of ether oxygens (including phenoxy) is 1. The van der Waals surface area contributed by atoms with Crippen LogP contribution in [-0.2, 0) is 9.53 Å². The molecule has 11 heteroatoms. The zero-order valence-corrected chi connectivity index (χ0v) is 18.2. The summed E-state index contributed by atoms with van der Waals surface area (Å²) in [6.07, 6.45) is 3.57. The Morgan fingerprint density at radius 2 is 2.00 bits per heavy atom. The van der Waals surface area contributed by atoms with Crippen molar-refractivity contribution in [1.29, 1.82) is 0 Å². The van der Waals surface area contributed by atoms with E-state index in [9.17, 15) is 9.18 Å². The summed E-state index contributed by atoms with van der Waals surface area (Å²) in [5.74, 6) is 0.589. The van der Waals surface area contributed by atoms with E-state index in [1.165, 1.54) is 6.92 Å². The Bertz CT molecular complexity index is 1330. The fourth-order valence-electron chi connectivity index (χ4n) is 3.80. The molecule has 0 spiro atoms. The number of amides is 1. The highest BCUT2D eigenvalue weighted by molar-refractivity contribution is 6.03. The molecule has 1 aliphatic heterocycles. The lowest BCUT2D eigenvalue weighted by molar-refractivity contribution is -0.120. The van der Waals surface area contributed by atoms with E-state index in [4.69, 9.17) is 4.74 Å². The van der Waals surface area contributed by atoms with Gasteiger partial charge in [0.15, 0.2) is 17.6 Å². The number of nitrogens with zero attached hydrogens (tertiary/aromatic N) is 6. The van der Waals surface area contributed by atoms with Gasteiger partial charge in [0, 0.05) is 48.9 Å². The Morgan fingerprint density at radius 3 is 2.76 bits per heavy atom. The van der Waals surface area contributed by atoms with Crippen molar-refractivity contribution in [1.82, 2.24) is 24.6 Å². The number of nitrogens with one attached hydrogen (secondary N) is 2. The molecule has 2 N–H and O–H groups in total. The highest BCUT2D eigenvalue weighted by Crippen LogP contribution is 2.31. The molecule has 0 aromatic carbocycles. The summed E-state index contributed by atoms with van der Waals surface area (Å²) in [5.41, 5.74) is 2.42. The summed E-state index contributed by atoms with van der Waals surface area (Å²) in [5, 5.41) is 11.7. The lowest BCUT2D eigenvalue weighted by Gasteiger charge is -2.28. The van der Waals surface area contributed by atoms with Crippen LogP contribution in [-0.4, -0.2) is 70.0 Å². The first-order chi connectivity index (χ1) is 16.0. The number of alkyl halides is 1. The number of morpholine rings is 1. The molecule has 0 aliphatic carbocycles. The number of anilines is 3. The van der Waals surface area contributed by atoms with E-state index in [-0.39, 0.29) is 5.82 Å². The van der Waals surface area contributed by atoms with Gasteiger partial charge in [-0.2, -0.15) is 0 Å². The van der Waals surface area contributed by atoms with E-state index >= 15 is 0 Å². The highest BCUT2D eigenvalue weighted by Gasteiger charge is 2.18. The molecule has 4 aromatic rings. The van der Waals surface area contributed by atoms with Gasteiger partial charge < -0.3 is 20.3 Å². The molecule has 1 fully saturated rings. The van der Waals surface area contributed by atoms with Crippen LogP contribution in [0, 0.1) is 0 Å². The number of rotatable bonds is 5. The maximum absolute atomic E-state index is 13.3. The molecule has 0 bridgehead atoms. The average molecular weight is 450 g/mol. The monoisotopic (exact) mass is 450 g/mol. The van der Waals surface area contributed by atoms with Crippen LogP contribution < -0.4 is 15.5 Å². The van der Waals surface area contributed by atoms with E-state index in [1.807, 2.05) is 18.3 Å². The molecule has 1 amide bonds. The van der Waals surface area contributed by atoms with Gasteiger partial charge in [-0.25, -0.2) is 23.9 Å². The molecule has 170 valence electrons. The number of fused-ring (bicyclic) bond motifs is 2. The second-order valence-electron chi connectivity index (χ2n) is 7.72. The molecule has 4 aromatic heterocycles. The molecule has 1 aliphatic rings. The number of halogens is 1. The lowest BCUT2D eigenvalue weighted by Crippen LogP contribution is -2.36. The zero-order chi connectivity index (χ0) is 22.9. The van der Waals surface area contributed by atoms with Crippen LogP contribution in [0.5, 0.6) is 0 Å². The van der Waals surface area contributed by atoms with E-state index < -0.39 is 12.1 Å². The minimum Gasteiger partial charge on any atom is -0.378 e. The third kappa shape index (κ3) is 4.02. The number of pyridine rings is 3. The van der Waals surface area contributed by atoms with E-state index in [0.29, 0.717) is 36.1 Å². The topological polar surface area (TPSA) is 110 Å². The highest BCUT2D eigenvalue weighted by atomic mass is 19.1. The Kier molecular flexibility index (Phi) is 5.47. The van der Waals surface area contributed by atoms with Crippen molar-refractivity contribution in [2.45, 2.75) is 13.1 Å². The quantitative estimate of drug-likeness (QED) is 0.477. The number of hydrogen-bond donors (Lipinski definition) is 2. The second kappa shape index (κ2) is 8.58. The predicted molar refractivity (Wildman–Crippen MR) is 123 cm³/mol. The summed E-state index contributed by atoms with van der Waals surface area (Å²) in [6, 6.07) is 5.63. The van der Waals surface area contributed by atoms with Gasteiger partial charge in [-0.3, -0.25) is 4.79 Å². The molecule has 1 atom stereocenters. The minimum atomic E-state index is -1.65. The van der Waals surface area contributed by atoms with Crippen molar-refractivity contribution in [3.05, 3.63) is 36.8 Å². The zero-order valence-electron chi connectivity index (χ0n) is 18.2. The van der Waals surface area contributed by atoms with Gasteiger partial charge in [0.05, 0.1) is 25.1 Å². The third-order valence-corrected chi connectivity index (χ3v) is 5.55. The Balaban J connectivity index is 1.58. The smallest absolute Gasteiger partial charge is 0.259 e. The van der Waals surface area contributed by atoms with Crippen LogP contribution >= 0.6 is 0 Å². The van der Waals surface area contributed by atoms with Gasteiger partial charge in [0.25, 0.3) is 5.91 Å². The van der Waals surface area contributed by atoms with Crippen molar-refractivity contribution in [2.75, 3.05) is 48.9 Å². The Labute approximate surface area is 188 Å². The van der Waals surface area contributed by atoms with Crippen LogP contribution in [0.2, 0.25) is 0 Å². The largest absolute Gasteiger partial charge is 0.378 e. The second-order valence-corrected chi connectivity index (χ2v) is 7.72. The molecule has 0 saturated carbocycles. The van der Waals surface area contributed by atoms with Gasteiger partial charge in [-0.05, 0) is 25.1 Å². The number of aromatic nitrogens is 5. The van der Waals surface area contributed by atoms with Crippen LogP contribution in [0.15, 0.2) is 36.8 Å². The summed E-state index contributed by atoms with van der Waals surface area (Å²) < 4.78 is 20.5. The summed E-state index contributed by atoms with van der Waals surface area (Å²) in [7, 11) is 1.76. The van der Waals surface area contributed by atoms with E-state index in [0.717, 1.165) is 29.5 Å². The van der Waals surface area contributed by atoms with Crippen molar-refractivity contribution in [3.63, 3.8) is 0 Å². The number of carbonyl (C=O) groups excluding carboxylic acids is 1. The fourth-order valence-corrected chi connectivity index (χ4v) is 3.80. The first-order valence-electron chi connectivity index (χ1n) is 10.6. The van der Waals surface area contributed by atoms with Crippen molar-refractivity contribution >= 4 is 39.6 Å². The van der Waals surface area contributed by atoms with Crippen molar-refractivity contribution in [2.24, 2.45) is 0 Å². The SMILES string of the molecule is CNc1ncc(-c2nc3ccc(N4CCOCC4)cn3n2)c2cc(NC(=O)[C@@H](C)F)ncc12. The summed E-state index contributed by atoms with van der Waals surface area (Å²) >= 11 is 0. The van der Waals surface area contributed by atoms with E-state index in [2.05, 4.69) is 35.6 Å². The van der Waals surface area contributed by atoms with Crippen LogP contribution in [0.3, 0.4) is 0 Å². The molecule has 5 heterocycles. The molecule has 5 rings (SSSR count). The molecule has 10 nitrogen and oxygen atoms in total. The summed E-state index contributed by atoms with van der Waals surface area (Å²) in [6.45, 7) is 4.23. The number of carbonyl (C=O) groups is 1. The van der Waals surface area contributed by atoms with Crippen LogP contribution in [0.1, 0.15) is 6.92 Å². The van der Waals surface area contributed by atoms with Crippen molar-refractivity contribution in [3.8, 4) is 11.4 Å². The Hall–Kier alpha value is -3.86. The van der Waals surface area contributed by atoms with Crippen LogP contribution in [0.25, 0.3) is 27.8 Å². The predicted octanol–water partition coefficient (Wildman–Crippen LogP) is 2.51. The Morgan fingerprint density at radius 1 is 1.18 bits per heavy atom. The van der Waals surface area contributed by atoms with Crippen LogP contribution in [0.4, 0.5) is 21.7 Å². The average Bonchev–Trinajstić information content (AvgIpc) is 3.26. The maximum atomic E-state index is 13.3. The minimum absolute atomic E-state index is 0.241. The number of hydrogen-bond acceptors (Lipinski definition) is 8. The molecule has 0 radical (unpaired) electrons.